The minimum atomic E-state index is -3.67. The number of anilines is 1. The number of benzene rings is 2. The topological polar surface area (TPSA) is 78.8 Å². The quantitative estimate of drug-likeness (QED) is 0.582. The molecule has 0 bridgehead atoms. The summed E-state index contributed by atoms with van der Waals surface area (Å²) in [6.07, 6.45) is 2.19. The summed E-state index contributed by atoms with van der Waals surface area (Å²) in [7, 11) is -3.67. The lowest BCUT2D eigenvalue weighted by Crippen LogP contribution is -2.39. The van der Waals surface area contributed by atoms with Crippen molar-refractivity contribution in [1.82, 2.24) is 5.43 Å². The molecule has 0 saturated carbocycles. The maximum atomic E-state index is 13.5. The molecule has 0 radical (unpaired) electrons. The largest absolute Gasteiger partial charge is 0.271 e. The molecule has 2 aromatic carbocycles. The number of halogens is 1. The predicted molar refractivity (Wildman–Crippen MR) is 105 cm³/mol. The van der Waals surface area contributed by atoms with Gasteiger partial charge in [-0.25, -0.2) is 18.2 Å². The second kappa shape index (κ2) is 8.77. The number of hydrazone groups is 1. The number of rotatable bonds is 7. The maximum Gasteiger partial charge on any atom is 0.260 e. The highest BCUT2D eigenvalue weighted by Gasteiger charge is 2.20. The minimum absolute atomic E-state index is 0.210. The number of hydrogen-bond acceptors (Lipinski definition) is 4. The van der Waals surface area contributed by atoms with Crippen LogP contribution in [-0.2, 0) is 14.8 Å². The summed E-state index contributed by atoms with van der Waals surface area (Å²) in [6, 6.07) is 12.9. The van der Waals surface area contributed by atoms with Crippen molar-refractivity contribution in [3.63, 3.8) is 0 Å². The van der Waals surface area contributed by atoms with E-state index in [0.29, 0.717) is 11.6 Å². The molecule has 6 nitrogen and oxygen atoms in total. The van der Waals surface area contributed by atoms with Crippen LogP contribution in [0.5, 0.6) is 0 Å². The Morgan fingerprint density at radius 1 is 1.19 bits per heavy atom. The van der Waals surface area contributed by atoms with Crippen molar-refractivity contribution in [3.05, 3.63) is 65.5 Å². The van der Waals surface area contributed by atoms with Crippen LogP contribution in [0.4, 0.5) is 10.1 Å². The highest BCUT2D eigenvalue weighted by molar-refractivity contribution is 7.92. The zero-order valence-electron chi connectivity index (χ0n) is 15.4. The number of hydrogen-bond donors (Lipinski definition) is 1. The molecule has 1 N–H and O–H groups in total. The molecular weight excluding hydrogens is 369 g/mol. The average Bonchev–Trinajstić information content (AvgIpc) is 2.60. The van der Waals surface area contributed by atoms with Gasteiger partial charge in [0.2, 0.25) is 10.0 Å². The van der Waals surface area contributed by atoms with Gasteiger partial charge in [-0.2, -0.15) is 5.10 Å². The molecule has 0 saturated heterocycles. The lowest BCUT2D eigenvalue weighted by molar-refractivity contribution is -0.119. The number of carbonyl (C=O) groups excluding carboxylic acids is 1. The normalized spacial score (nSPS) is 11.7. The first-order chi connectivity index (χ1) is 12.7. The SMILES string of the molecule is CC(C)c1ccc(N(CC(=O)N/N=C\c2ccccc2F)S(C)(=O)=O)cc1. The van der Waals surface area contributed by atoms with Crippen molar-refractivity contribution in [3.8, 4) is 0 Å². The Kier molecular flexibility index (Phi) is 6.68. The van der Waals surface area contributed by atoms with Gasteiger partial charge in [-0.15, -0.1) is 0 Å². The zero-order chi connectivity index (χ0) is 20.0. The molecule has 27 heavy (non-hydrogen) atoms. The van der Waals surface area contributed by atoms with Gasteiger partial charge in [0.1, 0.15) is 12.4 Å². The molecule has 0 unspecified atom stereocenters. The second-order valence-corrected chi connectivity index (χ2v) is 8.24. The third-order valence-corrected chi connectivity index (χ3v) is 4.97. The van der Waals surface area contributed by atoms with Gasteiger partial charge in [-0.05, 0) is 29.7 Å². The van der Waals surface area contributed by atoms with E-state index in [2.05, 4.69) is 10.5 Å². The first-order valence-corrected chi connectivity index (χ1v) is 10.2. The smallest absolute Gasteiger partial charge is 0.260 e. The van der Waals surface area contributed by atoms with E-state index in [1.807, 2.05) is 26.0 Å². The fourth-order valence-corrected chi connectivity index (χ4v) is 3.20. The number of sulfonamides is 1. The summed E-state index contributed by atoms with van der Waals surface area (Å²) >= 11 is 0. The molecule has 0 fully saturated rings. The maximum absolute atomic E-state index is 13.5. The Morgan fingerprint density at radius 2 is 1.81 bits per heavy atom. The molecule has 0 atom stereocenters. The summed E-state index contributed by atoms with van der Waals surface area (Å²) in [4.78, 5) is 12.1. The van der Waals surface area contributed by atoms with E-state index in [1.165, 1.54) is 12.1 Å². The van der Waals surface area contributed by atoms with Gasteiger partial charge < -0.3 is 0 Å². The van der Waals surface area contributed by atoms with Gasteiger partial charge in [0.15, 0.2) is 0 Å². The first-order valence-electron chi connectivity index (χ1n) is 8.32. The van der Waals surface area contributed by atoms with E-state index in [9.17, 15) is 17.6 Å². The molecular formula is C19H22FN3O3S. The monoisotopic (exact) mass is 391 g/mol. The molecule has 2 aromatic rings. The van der Waals surface area contributed by atoms with Crippen LogP contribution in [0.2, 0.25) is 0 Å². The van der Waals surface area contributed by atoms with Crippen molar-refractivity contribution >= 4 is 27.8 Å². The Labute approximate surface area is 158 Å². The third kappa shape index (κ3) is 5.89. The van der Waals surface area contributed by atoms with Crippen molar-refractivity contribution in [2.45, 2.75) is 19.8 Å². The fraction of sp³-hybridized carbons (Fsp3) is 0.263. The summed E-state index contributed by atoms with van der Waals surface area (Å²) < 4.78 is 38.7. The third-order valence-electron chi connectivity index (χ3n) is 3.83. The number of nitrogens with one attached hydrogen (secondary N) is 1. The van der Waals surface area contributed by atoms with Crippen molar-refractivity contribution in [2.24, 2.45) is 5.10 Å². The molecule has 0 spiro atoms. The van der Waals surface area contributed by atoms with Gasteiger partial charge in [-0.1, -0.05) is 44.2 Å². The molecule has 1 amide bonds. The molecule has 0 heterocycles. The summed E-state index contributed by atoms with van der Waals surface area (Å²) in [5, 5.41) is 3.68. The summed E-state index contributed by atoms with van der Waals surface area (Å²) in [6.45, 7) is 3.63. The van der Waals surface area contributed by atoms with Gasteiger partial charge in [0, 0.05) is 5.56 Å². The molecule has 2 rings (SSSR count). The Hall–Kier alpha value is -2.74. The van der Waals surface area contributed by atoms with Crippen LogP contribution in [0.15, 0.2) is 53.6 Å². The van der Waals surface area contributed by atoms with E-state index < -0.39 is 28.3 Å². The van der Waals surface area contributed by atoms with Gasteiger partial charge in [-0.3, -0.25) is 9.10 Å². The van der Waals surface area contributed by atoms with Crippen molar-refractivity contribution in [2.75, 3.05) is 17.1 Å². The highest BCUT2D eigenvalue weighted by atomic mass is 32.2. The standard InChI is InChI=1S/C19H22FN3O3S/c1-14(2)15-8-10-17(11-9-15)23(27(3,25)26)13-19(24)22-21-12-16-6-4-5-7-18(16)20/h4-12,14H,13H2,1-3H3,(H,22,24)/b21-12-. The van der Waals surface area contributed by atoms with Crippen LogP contribution >= 0.6 is 0 Å². The van der Waals surface area contributed by atoms with E-state index in [1.54, 1.807) is 24.3 Å². The molecule has 0 aliphatic carbocycles. The number of amides is 1. The first kappa shape index (κ1) is 20.6. The van der Waals surface area contributed by atoms with Crippen molar-refractivity contribution in [1.29, 1.82) is 0 Å². The zero-order valence-corrected chi connectivity index (χ0v) is 16.2. The fourth-order valence-electron chi connectivity index (χ4n) is 2.34. The molecule has 144 valence electrons. The molecule has 0 aliphatic rings. The lowest BCUT2D eigenvalue weighted by Gasteiger charge is -2.21. The summed E-state index contributed by atoms with van der Waals surface area (Å²) in [5.41, 5.74) is 3.87. The Bertz CT molecular complexity index is 925. The predicted octanol–water partition coefficient (Wildman–Crippen LogP) is 2.87. The van der Waals surface area contributed by atoms with Gasteiger partial charge in [0.05, 0.1) is 18.2 Å². The van der Waals surface area contributed by atoms with Crippen LogP contribution in [-0.4, -0.2) is 33.3 Å². The van der Waals surface area contributed by atoms with Crippen LogP contribution in [0.25, 0.3) is 0 Å². The van der Waals surface area contributed by atoms with Crippen LogP contribution in [0.1, 0.15) is 30.9 Å². The van der Waals surface area contributed by atoms with Crippen molar-refractivity contribution < 1.29 is 17.6 Å². The highest BCUT2D eigenvalue weighted by Crippen LogP contribution is 2.21. The summed E-state index contributed by atoms with van der Waals surface area (Å²) in [5.74, 6) is -0.804. The minimum Gasteiger partial charge on any atom is -0.271 e. The molecule has 8 heteroatoms. The number of nitrogens with zero attached hydrogens (tertiary/aromatic N) is 2. The lowest BCUT2D eigenvalue weighted by atomic mass is 10.0. The van der Waals surface area contributed by atoms with Crippen LogP contribution in [0.3, 0.4) is 0 Å². The van der Waals surface area contributed by atoms with E-state index in [-0.39, 0.29) is 5.56 Å². The molecule has 0 aliphatic heterocycles. The van der Waals surface area contributed by atoms with E-state index >= 15 is 0 Å². The Balaban J connectivity index is 2.10. The van der Waals surface area contributed by atoms with E-state index in [4.69, 9.17) is 0 Å². The van der Waals surface area contributed by atoms with Crippen LogP contribution < -0.4 is 9.73 Å². The van der Waals surface area contributed by atoms with Crippen LogP contribution in [0, 0.1) is 5.82 Å². The van der Waals surface area contributed by atoms with Gasteiger partial charge in [0.25, 0.3) is 5.91 Å². The molecule has 0 aromatic heterocycles. The van der Waals surface area contributed by atoms with E-state index in [0.717, 1.165) is 22.3 Å². The average molecular weight is 391 g/mol. The number of carbonyl (C=O) groups is 1. The second-order valence-electron chi connectivity index (χ2n) is 6.33. The Morgan fingerprint density at radius 3 is 2.37 bits per heavy atom. The van der Waals surface area contributed by atoms with Gasteiger partial charge >= 0.3 is 0 Å².